The van der Waals surface area contributed by atoms with Crippen molar-refractivity contribution in [2.24, 2.45) is 17.6 Å². The second kappa shape index (κ2) is 5.64. The number of hydrogen-bond acceptors (Lipinski definition) is 2. The normalized spacial score (nSPS) is 28.5. The standard InChI is InChI=1S/C17H26N2/c1-13-4-2-5-14(10-13)17(18)8-9-19-11-15-6-3-7-16(15)12-19/h2,4-5,10,15-17H,3,6-9,11-12,18H2,1H3. The van der Waals surface area contributed by atoms with Gasteiger partial charge >= 0.3 is 0 Å². The minimum atomic E-state index is 0.195. The minimum absolute atomic E-state index is 0.195. The van der Waals surface area contributed by atoms with Gasteiger partial charge in [0.2, 0.25) is 0 Å². The van der Waals surface area contributed by atoms with Crippen molar-refractivity contribution in [1.82, 2.24) is 4.90 Å². The zero-order chi connectivity index (χ0) is 13.2. The SMILES string of the molecule is Cc1cccc(C(N)CCN2CC3CCCC3C2)c1. The van der Waals surface area contributed by atoms with E-state index in [9.17, 15) is 0 Å². The van der Waals surface area contributed by atoms with Crippen LogP contribution in [-0.2, 0) is 0 Å². The van der Waals surface area contributed by atoms with E-state index in [2.05, 4.69) is 36.1 Å². The molecule has 0 radical (unpaired) electrons. The lowest BCUT2D eigenvalue weighted by atomic mass is 10.0. The first-order valence-corrected chi connectivity index (χ1v) is 7.77. The molecule has 104 valence electrons. The largest absolute Gasteiger partial charge is 0.324 e. The minimum Gasteiger partial charge on any atom is -0.324 e. The van der Waals surface area contributed by atoms with Gasteiger partial charge in [-0.2, -0.15) is 0 Å². The number of likely N-dealkylation sites (tertiary alicyclic amines) is 1. The summed E-state index contributed by atoms with van der Waals surface area (Å²) in [6, 6.07) is 8.84. The summed E-state index contributed by atoms with van der Waals surface area (Å²) in [4.78, 5) is 2.64. The van der Waals surface area contributed by atoms with Gasteiger partial charge in [0.15, 0.2) is 0 Å². The van der Waals surface area contributed by atoms with Crippen LogP contribution in [0.5, 0.6) is 0 Å². The maximum atomic E-state index is 6.33. The Kier molecular flexibility index (Phi) is 3.90. The first kappa shape index (κ1) is 13.1. The Labute approximate surface area is 117 Å². The molecule has 1 aliphatic carbocycles. The summed E-state index contributed by atoms with van der Waals surface area (Å²) in [5.41, 5.74) is 8.93. The molecule has 1 aromatic carbocycles. The van der Waals surface area contributed by atoms with Gasteiger partial charge in [0.05, 0.1) is 0 Å². The lowest BCUT2D eigenvalue weighted by molar-refractivity contribution is 0.298. The van der Waals surface area contributed by atoms with Crippen LogP contribution in [0.1, 0.15) is 42.9 Å². The van der Waals surface area contributed by atoms with Gasteiger partial charge in [-0.25, -0.2) is 0 Å². The molecule has 2 nitrogen and oxygen atoms in total. The molecule has 0 spiro atoms. The molecule has 1 heterocycles. The molecule has 0 aromatic heterocycles. The second-order valence-electron chi connectivity index (χ2n) is 6.52. The highest BCUT2D eigenvalue weighted by atomic mass is 15.2. The van der Waals surface area contributed by atoms with E-state index in [1.165, 1.54) is 50.0 Å². The average Bonchev–Trinajstić information content (AvgIpc) is 2.96. The van der Waals surface area contributed by atoms with Gasteiger partial charge in [0, 0.05) is 19.1 Å². The summed E-state index contributed by atoms with van der Waals surface area (Å²) in [5, 5.41) is 0. The van der Waals surface area contributed by atoms with Crippen molar-refractivity contribution in [2.75, 3.05) is 19.6 Å². The molecule has 1 aliphatic heterocycles. The van der Waals surface area contributed by atoms with Crippen LogP contribution in [-0.4, -0.2) is 24.5 Å². The molecule has 0 amide bonds. The summed E-state index contributed by atoms with van der Waals surface area (Å²) in [6.07, 6.45) is 5.48. The Hall–Kier alpha value is -0.860. The summed E-state index contributed by atoms with van der Waals surface area (Å²) in [7, 11) is 0. The van der Waals surface area contributed by atoms with Gasteiger partial charge in [-0.1, -0.05) is 36.2 Å². The van der Waals surface area contributed by atoms with E-state index in [1.807, 2.05) is 0 Å². The van der Waals surface area contributed by atoms with Crippen LogP contribution in [0.3, 0.4) is 0 Å². The first-order chi connectivity index (χ1) is 9.22. The van der Waals surface area contributed by atoms with E-state index >= 15 is 0 Å². The van der Waals surface area contributed by atoms with Crippen molar-refractivity contribution >= 4 is 0 Å². The van der Waals surface area contributed by atoms with Gasteiger partial charge < -0.3 is 10.6 Å². The van der Waals surface area contributed by atoms with Crippen molar-refractivity contribution in [3.8, 4) is 0 Å². The zero-order valence-corrected chi connectivity index (χ0v) is 12.0. The Balaban J connectivity index is 1.50. The molecule has 3 atom stereocenters. The van der Waals surface area contributed by atoms with E-state index in [0.29, 0.717) is 0 Å². The van der Waals surface area contributed by atoms with E-state index in [4.69, 9.17) is 5.73 Å². The Morgan fingerprint density at radius 2 is 2.00 bits per heavy atom. The van der Waals surface area contributed by atoms with E-state index in [0.717, 1.165) is 18.3 Å². The second-order valence-corrected chi connectivity index (χ2v) is 6.52. The fourth-order valence-corrected chi connectivity index (χ4v) is 3.90. The summed E-state index contributed by atoms with van der Waals surface area (Å²) in [6.45, 7) is 5.95. The van der Waals surface area contributed by atoms with Crippen LogP contribution in [0.25, 0.3) is 0 Å². The van der Waals surface area contributed by atoms with E-state index in [-0.39, 0.29) is 6.04 Å². The van der Waals surface area contributed by atoms with Crippen molar-refractivity contribution < 1.29 is 0 Å². The van der Waals surface area contributed by atoms with Crippen molar-refractivity contribution in [2.45, 2.75) is 38.6 Å². The Morgan fingerprint density at radius 1 is 1.26 bits per heavy atom. The van der Waals surface area contributed by atoms with Crippen LogP contribution in [0.4, 0.5) is 0 Å². The van der Waals surface area contributed by atoms with Crippen LogP contribution < -0.4 is 5.73 Å². The highest BCUT2D eigenvalue weighted by molar-refractivity contribution is 5.24. The van der Waals surface area contributed by atoms with Gasteiger partial charge in [-0.15, -0.1) is 0 Å². The third kappa shape index (κ3) is 3.01. The molecule has 1 saturated carbocycles. The molecule has 1 saturated heterocycles. The van der Waals surface area contributed by atoms with Gasteiger partial charge in [-0.05, 0) is 50.1 Å². The molecular weight excluding hydrogens is 232 g/mol. The summed E-state index contributed by atoms with van der Waals surface area (Å²) >= 11 is 0. The molecule has 2 aliphatic rings. The molecule has 3 unspecified atom stereocenters. The lowest BCUT2D eigenvalue weighted by Gasteiger charge is -2.20. The van der Waals surface area contributed by atoms with Crippen LogP contribution in [0.15, 0.2) is 24.3 Å². The molecule has 3 rings (SSSR count). The summed E-state index contributed by atoms with van der Waals surface area (Å²) < 4.78 is 0. The highest BCUT2D eigenvalue weighted by Gasteiger charge is 2.35. The Morgan fingerprint density at radius 3 is 2.68 bits per heavy atom. The number of fused-ring (bicyclic) bond motifs is 1. The molecule has 2 fully saturated rings. The fourth-order valence-electron chi connectivity index (χ4n) is 3.90. The number of nitrogens with two attached hydrogens (primary N) is 1. The van der Waals surface area contributed by atoms with E-state index in [1.54, 1.807) is 0 Å². The lowest BCUT2D eigenvalue weighted by Crippen LogP contribution is -2.26. The van der Waals surface area contributed by atoms with Crippen molar-refractivity contribution in [3.63, 3.8) is 0 Å². The molecular formula is C17H26N2. The predicted molar refractivity (Wildman–Crippen MR) is 80.0 cm³/mol. The molecule has 1 aromatic rings. The molecule has 19 heavy (non-hydrogen) atoms. The number of aryl methyl sites for hydroxylation is 1. The van der Waals surface area contributed by atoms with E-state index < -0.39 is 0 Å². The molecule has 2 heteroatoms. The fraction of sp³-hybridized carbons (Fsp3) is 0.647. The van der Waals surface area contributed by atoms with Gasteiger partial charge in [0.1, 0.15) is 0 Å². The summed E-state index contributed by atoms with van der Waals surface area (Å²) in [5.74, 6) is 1.99. The van der Waals surface area contributed by atoms with Gasteiger partial charge in [-0.3, -0.25) is 0 Å². The van der Waals surface area contributed by atoms with Crippen molar-refractivity contribution in [3.05, 3.63) is 35.4 Å². The third-order valence-corrected chi connectivity index (χ3v) is 5.03. The topological polar surface area (TPSA) is 29.3 Å². The van der Waals surface area contributed by atoms with Crippen molar-refractivity contribution in [1.29, 1.82) is 0 Å². The third-order valence-electron chi connectivity index (χ3n) is 5.03. The number of benzene rings is 1. The number of rotatable bonds is 4. The molecule has 0 bridgehead atoms. The smallest absolute Gasteiger partial charge is 0.0307 e. The highest BCUT2D eigenvalue weighted by Crippen LogP contribution is 2.37. The maximum absolute atomic E-state index is 6.33. The quantitative estimate of drug-likeness (QED) is 0.899. The first-order valence-electron chi connectivity index (χ1n) is 7.77. The van der Waals surface area contributed by atoms with Crippen LogP contribution >= 0.6 is 0 Å². The predicted octanol–water partition coefficient (Wildman–Crippen LogP) is 3.12. The number of hydrogen-bond donors (Lipinski definition) is 1. The maximum Gasteiger partial charge on any atom is 0.0307 e. The number of nitrogens with zero attached hydrogens (tertiary/aromatic N) is 1. The van der Waals surface area contributed by atoms with Crippen LogP contribution in [0.2, 0.25) is 0 Å². The molecule has 2 N–H and O–H groups in total. The monoisotopic (exact) mass is 258 g/mol. The van der Waals surface area contributed by atoms with Gasteiger partial charge in [0.25, 0.3) is 0 Å². The zero-order valence-electron chi connectivity index (χ0n) is 12.0. The average molecular weight is 258 g/mol. The Bertz CT molecular complexity index is 417. The van der Waals surface area contributed by atoms with Crippen LogP contribution in [0, 0.1) is 18.8 Å².